The molecule has 0 N–H and O–H groups in total. The van der Waals surface area contributed by atoms with Crippen LogP contribution in [0.4, 0.5) is 0 Å². The lowest BCUT2D eigenvalue weighted by Crippen LogP contribution is -2.30. The maximum atomic E-state index is 13.2. The number of benzene rings is 2. The third-order valence-corrected chi connectivity index (χ3v) is 5.37. The van der Waals surface area contributed by atoms with Crippen LogP contribution in [0.1, 0.15) is 23.2 Å². The fourth-order valence-electron chi connectivity index (χ4n) is 3.04. The van der Waals surface area contributed by atoms with Gasteiger partial charge in [-0.3, -0.25) is 4.79 Å². The van der Waals surface area contributed by atoms with Crippen LogP contribution in [0.2, 0.25) is 0 Å². The molecule has 0 saturated heterocycles. The highest BCUT2D eigenvalue weighted by Crippen LogP contribution is 2.28. The summed E-state index contributed by atoms with van der Waals surface area (Å²) in [5, 5.41) is 7.98. The van der Waals surface area contributed by atoms with E-state index in [0.717, 1.165) is 15.6 Å². The number of ether oxygens (including phenoxy) is 1. The Hall–Kier alpha value is -3.19. The summed E-state index contributed by atoms with van der Waals surface area (Å²) < 4.78 is 10.8. The Labute approximate surface area is 166 Å². The van der Waals surface area contributed by atoms with E-state index >= 15 is 0 Å². The van der Waals surface area contributed by atoms with Gasteiger partial charge in [0.1, 0.15) is 12.3 Å². The third-order valence-electron chi connectivity index (χ3n) is 4.50. The highest BCUT2D eigenvalue weighted by Gasteiger charge is 2.22. The number of carbonyl (C=O) groups is 1. The highest BCUT2D eigenvalue weighted by atomic mass is 32.1. The molecule has 2 aromatic heterocycles. The summed E-state index contributed by atoms with van der Waals surface area (Å²) in [5.74, 6) is 1.35. The molecule has 0 aliphatic rings. The molecule has 0 fully saturated rings. The second kappa shape index (κ2) is 7.82. The molecule has 0 spiro atoms. The van der Waals surface area contributed by atoms with E-state index in [-0.39, 0.29) is 12.5 Å². The zero-order chi connectivity index (χ0) is 19.5. The summed E-state index contributed by atoms with van der Waals surface area (Å²) in [7, 11) is 1.57. The Bertz CT molecular complexity index is 1110. The molecular formula is C21H19N3O3S. The maximum Gasteiger partial charge on any atom is 0.258 e. The molecule has 0 unspecified atom stereocenters. The van der Waals surface area contributed by atoms with Crippen molar-refractivity contribution in [3.05, 3.63) is 65.4 Å². The molecule has 2 aromatic carbocycles. The van der Waals surface area contributed by atoms with Gasteiger partial charge in [-0.15, -0.1) is 11.3 Å². The zero-order valence-corrected chi connectivity index (χ0v) is 16.4. The van der Waals surface area contributed by atoms with Crippen molar-refractivity contribution >= 4 is 28.0 Å². The van der Waals surface area contributed by atoms with Crippen molar-refractivity contribution in [2.75, 3.05) is 13.7 Å². The zero-order valence-electron chi connectivity index (χ0n) is 15.6. The van der Waals surface area contributed by atoms with Crippen LogP contribution < -0.4 is 4.74 Å². The highest BCUT2D eigenvalue weighted by molar-refractivity contribution is 7.13. The Morgan fingerprint density at radius 1 is 1.18 bits per heavy atom. The smallest absolute Gasteiger partial charge is 0.258 e. The van der Waals surface area contributed by atoms with Crippen LogP contribution in [0.15, 0.2) is 58.4 Å². The summed E-state index contributed by atoms with van der Waals surface area (Å²) >= 11 is 1.54. The normalized spacial score (nSPS) is 10.9. The molecule has 0 aliphatic carbocycles. The van der Waals surface area contributed by atoms with E-state index in [9.17, 15) is 4.79 Å². The van der Waals surface area contributed by atoms with Crippen LogP contribution in [0.5, 0.6) is 5.75 Å². The first kappa shape index (κ1) is 18.2. The van der Waals surface area contributed by atoms with Crippen molar-refractivity contribution in [3.8, 4) is 16.5 Å². The lowest BCUT2D eigenvalue weighted by atomic mass is 10.0. The van der Waals surface area contributed by atoms with Gasteiger partial charge in [0.25, 0.3) is 5.91 Å². The van der Waals surface area contributed by atoms with Crippen molar-refractivity contribution in [1.82, 2.24) is 15.0 Å². The first-order valence-corrected chi connectivity index (χ1v) is 9.80. The average molecular weight is 393 g/mol. The Morgan fingerprint density at radius 2 is 1.96 bits per heavy atom. The molecule has 28 heavy (non-hydrogen) atoms. The van der Waals surface area contributed by atoms with Crippen LogP contribution in [-0.2, 0) is 6.54 Å². The third kappa shape index (κ3) is 3.48. The van der Waals surface area contributed by atoms with E-state index in [2.05, 4.69) is 10.1 Å². The number of hydrogen-bond donors (Lipinski definition) is 0. The van der Waals surface area contributed by atoms with Crippen LogP contribution in [-0.4, -0.2) is 34.6 Å². The Balaban J connectivity index is 1.61. The summed E-state index contributed by atoms with van der Waals surface area (Å²) in [6, 6.07) is 15.5. The van der Waals surface area contributed by atoms with Gasteiger partial charge in [-0.1, -0.05) is 35.5 Å². The largest absolute Gasteiger partial charge is 0.496 e. The summed E-state index contributed by atoms with van der Waals surface area (Å²) in [6.45, 7) is 2.66. The molecule has 0 bridgehead atoms. The van der Waals surface area contributed by atoms with E-state index in [4.69, 9.17) is 9.26 Å². The van der Waals surface area contributed by atoms with Crippen molar-refractivity contribution in [1.29, 1.82) is 0 Å². The van der Waals surface area contributed by atoms with Crippen LogP contribution in [0, 0.1) is 0 Å². The molecule has 1 amide bonds. The fourth-order valence-corrected chi connectivity index (χ4v) is 3.69. The molecule has 0 aliphatic heterocycles. The summed E-state index contributed by atoms with van der Waals surface area (Å²) in [5.41, 5.74) is 0.515. The molecule has 2 heterocycles. The standard InChI is InChI=1S/C21H19N3O3S/c1-3-24(13-19-22-20(23-27-19)18-9-6-10-28-18)21(25)16-11-14-7-4-5-8-15(14)12-17(16)26-2/h4-12H,3,13H2,1-2H3. The topological polar surface area (TPSA) is 68.5 Å². The van der Waals surface area contributed by atoms with Crippen LogP contribution in [0.3, 0.4) is 0 Å². The molecule has 0 radical (unpaired) electrons. The molecule has 0 saturated carbocycles. The first-order valence-electron chi connectivity index (χ1n) is 8.92. The van der Waals surface area contributed by atoms with Gasteiger partial charge >= 0.3 is 0 Å². The number of carbonyl (C=O) groups excluding carboxylic acids is 1. The van der Waals surface area contributed by atoms with Gasteiger partial charge in [0.05, 0.1) is 17.6 Å². The van der Waals surface area contributed by atoms with Gasteiger partial charge in [0.2, 0.25) is 11.7 Å². The lowest BCUT2D eigenvalue weighted by molar-refractivity contribution is 0.0731. The number of nitrogens with zero attached hydrogens (tertiary/aromatic N) is 3. The minimum absolute atomic E-state index is 0.138. The van der Waals surface area contributed by atoms with Gasteiger partial charge in [0, 0.05) is 6.54 Å². The van der Waals surface area contributed by atoms with Crippen molar-refractivity contribution < 1.29 is 14.1 Å². The molecular weight excluding hydrogens is 374 g/mol. The second-order valence-electron chi connectivity index (χ2n) is 6.21. The van der Waals surface area contributed by atoms with Gasteiger partial charge in [0.15, 0.2) is 0 Å². The van der Waals surface area contributed by atoms with Gasteiger partial charge in [-0.25, -0.2) is 0 Å². The predicted molar refractivity (Wildman–Crippen MR) is 109 cm³/mol. The average Bonchev–Trinajstić information content (AvgIpc) is 3.42. The van der Waals surface area contributed by atoms with Crippen molar-refractivity contribution in [2.24, 2.45) is 0 Å². The van der Waals surface area contributed by atoms with E-state index in [1.165, 1.54) is 0 Å². The number of rotatable bonds is 6. The number of thiophene rings is 1. The summed E-state index contributed by atoms with van der Waals surface area (Å²) in [6.07, 6.45) is 0. The lowest BCUT2D eigenvalue weighted by Gasteiger charge is -2.20. The second-order valence-corrected chi connectivity index (χ2v) is 7.16. The predicted octanol–water partition coefficient (Wildman–Crippen LogP) is 4.62. The Kier molecular flexibility index (Phi) is 5.08. The minimum atomic E-state index is -0.138. The molecule has 0 atom stereocenters. The van der Waals surface area contributed by atoms with Gasteiger partial charge in [-0.2, -0.15) is 4.98 Å². The van der Waals surface area contributed by atoms with E-state index in [1.54, 1.807) is 23.3 Å². The first-order chi connectivity index (χ1) is 13.7. The summed E-state index contributed by atoms with van der Waals surface area (Å²) in [4.78, 5) is 20.2. The van der Waals surface area contributed by atoms with E-state index in [0.29, 0.717) is 29.6 Å². The van der Waals surface area contributed by atoms with E-state index in [1.807, 2.05) is 60.8 Å². The minimum Gasteiger partial charge on any atom is -0.496 e. The molecule has 7 heteroatoms. The Morgan fingerprint density at radius 3 is 2.64 bits per heavy atom. The number of aromatic nitrogens is 2. The molecule has 4 rings (SSSR count). The van der Waals surface area contributed by atoms with Gasteiger partial charge in [-0.05, 0) is 41.3 Å². The molecule has 142 valence electrons. The number of methoxy groups -OCH3 is 1. The van der Waals surface area contributed by atoms with E-state index < -0.39 is 0 Å². The number of amides is 1. The fraction of sp³-hybridized carbons (Fsp3) is 0.190. The van der Waals surface area contributed by atoms with Crippen LogP contribution in [0.25, 0.3) is 21.5 Å². The van der Waals surface area contributed by atoms with Crippen molar-refractivity contribution in [2.45, 2.75) is 13.5 Å². The molecule has 4 aromatic rings. The van der Waals surface area contributed by atoms with Gasteiger partial charge < -0.3 is 14.2 Å². The monoisotopic (exact) mass is 393 g/mol. The van der Waals surface area contributed by atoms with Crippen LogP contribution >= 0.6 is 11.3 Å². The molecule has 6 nitrogen and oxygen atoms in total. The SMILES string of the molecule is CCN(Cc1nc(-c2cccs2)no1)C(=O)c1cc2ccccc2cc1OC. The number of hydrogen-bond acceptors (Lipinski definition) is 6. The van der Waals surface area contributed by atoms with Crippen molar-refractivity contribution in [3.63, 3.8) is 0 Å². The quantitative estimate of drug-likeness (QED) is 0.478. The maximum absolute atomic E-state index is 13.2. The number of fused-ring (bicyclic) bond motifs is 1.